The number of hydrogen-bond acceptors (Lipinski definition) is 3. The van der Waals surface area contributed by atoms with E-state index in [1.54, 1.807) is 11.8 Å². The maximum atomic E-state index is 10.3. The lowest BCUT2D eigenvalue weighted by Crippen LogP contribution is -2.56. The van der Waals surface area contributed by atoms with E-state index in [0.29, 0.717) is 17.9 Å². The third kappa shape index (κ3) is 1.86. The molecule has 0 aromatic rings. The van der Waals surface area contributed by atoms with Gasteiger partial charge in [-0.1, -0.05) is 0 Å². The molecular weight excluding hydrogens is 166 g/mol. The van der Waals surface area contributed by atoms with Crippen molar-refractivity contribution in [2.45, 2.75) is 12.0 Å². The summed E-state index contributed by atoms with van der Waals surface area (Å²) in [5.41, 5.74) is -0.460. The van der Waals surface area contributed by atoms with Crippen LogP contribution in [0.2, 0.25) is 0 Å². The number of rotatable bonds is 4. The van der Waals surface area contributed by atoms with E-state index >= 15 is 0 Å². The highest BCUT2D eigenvalue weighted by Crippen LogP contribution is 2.31. The molecule has 0 radical (unpaired) electrons. The van der Waals surface area contributed by atoms with E-state index in [2.05, 4.69) is 5.32 Å². The number of carbonyl (C=O) groups excluding carboxylic acids is 1. The molecule has 0 saturated carbocycles. The number of carboxylic acid groups (broad SMARTS) is 1. The molecule has 0 aromatic heterocycles. The second-order valence-electron chi connectivity index (χ2n) is 2.61. The van der Waals surface area contributed by atoms with Crippen molar-refractivity contribution >= 4 is 24.1 Å². The summed E-state index contributed by atoms with van der Waals surface area (Å²) in [6.45, 7) is 0. The zero-order valence-electron chi connectivity index (χ0n) is 5.87. The van der Waals surface area contributed by atoms with E-state index in [1.807, 2.05) is 0 Å². The second kappa shape index (κ2) is 3.13. The van der Waals surface area contributed by atoms with Crippen LogP contribution in [-0.4, -0.2) is 34.5 Å². The van der Waals surface area contributed by atoms with Crippen LogP contribution in [0.25, 0.3) is 0 Å². The van der Waals surface area contributed by atoms with Crippen molar-refractivity contribution in [1.29, 1.82) is 0 Å². The summed E-state index contributed by atoms with van der Waals surface area (Å²) in [7, 11) is 0. The predicted molar refractivity (Wildman–Crippen MR) is 41.5 cm³/mol. The van der Waals surface area contributed by atoms with E-state index in [-0.39, 0.29) is 6.42 Å². The van der Waals surface area contributed by atoms with Crippen LogP contribution in [0, 0.1) is 0 Å². The fourth-order valence-corrected chi connectivity index (χ4v) is 2.07. The zero-order valence-corrected chi connectivity index (χ0v) is 6.69. The van der Waals surface area contributed by atoms with Gasteiger partial charge in [-0.2, -0.15) is 11.8 Å². The SMILES string of the molecule is O=CNC1(CC(=O)O)CSC1. The van der Waals surface area contributed by atoms with E-state index in [1.165, 1.54) is 0 Å². The maximum Gasteiger partial charge on any atom is 0.305 e. The molecule has 0 bridgehead atoms. The van der Waals surface area contributed by atoms with Crippen molar-refractivity contribution < 1.29 is 14.7 Å². The normalized spacial score (nSPS) is 20.0. The van der Waals surface area contributed by atoms with Crippen LogP contribution in [0.15, 0.2) is 0 Å². The molecule has 4 nitrogen and oxygen atoms in total. The summed E-state index contributed by atoms with van der Waals surface area (Å²) in [4.78, 5) is 20.4. The van der Waals surface area contributed by atoms with Crippen LogP contribution in [0.4, 0.5) is 0 Å². The maximum absolute atomic E-state index is 10.3. The average Bonchev–Trinajstić information content (AvgIpc) is 1.82. The molecule has 1 saturated heterocycles. The number of carbonyl (C=O) groups is 2. The Balaban J connectivity index is 2.45. The molecule has 1 aliphatic rings. The Labute approximate surface area is 68.3 Å². The molecule has 0 aliphatic carbocycles. The van der Waals surface area contributed by atoms with Crippen molar-refractivity contribution in [3.8, 4) is 0 Å². The zero-order chi connectivity index (χ0) is 8.32. The fourth-order valence-electron chi connectivity index (χ4n) is 0.999. The highest BCUT2D eigenvalue weighted by atomic mass is 32.2. The summed E-state index contributed by atoms with van der Waals surface area (Å²) in [6.07, 6.45) is 0.599. The third-order valence-corrected chi connectivity index (χ3v) is 3.12. The Kier molecular flexibility index (Phi) is 2.38. The molecule has 1 aliphatic heterocycles. The van der Waals surface area contributed by atoms with Gasteiger partial charge in [-0.3, -0.25) is 9.59 Å². The molecule has 1 heterocycles. The van der Waals surface area contributed by atoms with Gasteiger partial charge in [0.25, 0.3) is 0 Å². The first-order chi connectivity index (χ1) is 5.18. The number of carboxylic acids is 1. The van der Waals surface area contributed by atoms with Crippen molar-refractivity contribution in [3.05, 3.63) is 0 Å². The first-order valence-electron chi connectivity index (χ1n) is 3.19. The molecule has 0 aromatic carbocycles. The number of thioether (sulfide) groups is 1. The molecular formula is C6H9NO3S. The van der Waals surface area contributed by atoms with Crippen LogP contribution in [0.5, 0.6) is 0 Å². The summed E-state index contributed by atoms with van der Waals surface area (Å²) >= 11 is 1.64. The summed E-state index contributed by atoms with van der Waals surface area (Å²) in [6, 6.07) is 0. The molecule has 5 heteroatoms. The minimum atomic E-state index is -0.861. The van der Waals surface area contributed by atoms with Crippen molar-refractivity contribution in [2.75, 3.05) is 11.5 Å². The van der Waals surface area contributed by atoms with Crippen LogP contribution < -0.4 is 5.32 Å². The molecule has 0 atom stereocenters. The molecule has 1 fully saturated rings. The Morgan fingerprint density at radius 1 is 1.73 bits per heavy atom. The summed E-state index contributed by atoms with van der Waals surface area (Å²) in [5.74, 6) is 0.551. The minimum absolute atomic E-state index is 0.0265. The van der Waals surface area contributed by atoms with E-state index in [4.69, 9.17) is 5.11 Å². The van der Waals surface area contributed by atoms with Crippen LogP contribution in [-0.2, 0) is 9.59 Å². The van der Waals surface area contributed by atoms with Gasteiger partial charge >= 0.3 is 5.97 Å². The van der Waals surface area contributed by atoms with Gasteiger partial charge in [0, 0.05) is 11.5 Å². The van der Waals surface area contributed by atoms with Gasteiger partial charge in [0.05, 0.1) is 12.0 Å². The molecule has 1 amide bonds. The van der Waals surface area contributed by atoms with Gasteiger partial charge in [-0.05, 0) is 0 Å². The molecule has 0 spiro atoms. The largest absolute Gasteiger partial charge is 0.481 e. The van der Waals surface area contributed by atoms with Gasteiger partial charge in [0.15, 0.2) is 0 Å². The molecule has 2 N–H and O–H groups in total. The first-order valence-corrected chi connectivity index (χ1v) is 4.35. The van der Waals surface area contributed by atoms with E-state index < -0.39 is 11.5 Å². The topological polar surface area (TPSA) is 66.4 Å². The minimum Gasteiger partial charge on any atom is -0.481 e. The Morgan fingerprint density at radius 2 is 2.36 bits per heavy atom. The second-order valence-corrected chi connectivity index (χ2v) is 3.59. The standard InChI is InChI=1S/C6H9NO3S/c8-4-7-6(1-5(9)10)2-11-3-6/h4H,1-3H2,(H,7,8)(H,9,10). The fraction of sp³-hybridized carbons (Fsp3) is 0.667. The van der Waals surface area contributed by atoms with Gasteiger partial charge in [-0.25, -0.2) is 0 Å². The lowest BCUT2D eigenvalue weighted by molar-refractivity contribution is -0.138. The predicted octanol–water partition coefficient (Wildman–Crippen LogP) is -0.307. The lowest BCUT2D eigenvalue weighted by Gasteiger charge is -2.39. The lowest BCUT2D eigenvalue weighted by atomic mass is 10.00. The van der Waals surface area contributed by atoms with E-state index in [0.717, 1.165) is 0 Å². The Bertz CT molecular complexity index is 179. The van der Waals surface area contributed by atoms with Crippen molar-refractivity contribution in [3.63, 3.8) is 0 Å². The van der Waals surface area contributed by atoms with Gasteiger partial charge in [0.1, 0.15) is 0 Å². The van der Waals surface area contributed by atoms with E-state index in [9.17, 15) is 9.59 Å². The number of aliphatic carboxylic acids is 1. The Hall–Kier alpha value is -0.710. The molecule has 62 valence electrons. The summed E-state index contributed by atoms with van der Waals surface area (Å²) < 4.78 is 0. The number of nitrogens with one attached hydrogen (secondary N) is 1. The number of hydrogen-bond donors (Lipinski definition) is 2. The van der Waals surface area contributed by atoms with Crippen molar-refractivity contribution in [2.24, 2.45) is 0 Å². The molecule has 0 unspecified atom stereocenters. The number of amides is 1. The third-order valence-electron chi connectivity index (χ3n) is 1.61. The first kappa shape index (κ1) is 8.39. The van der Waals surface area contributed by atoms with Gasteiger partial charge in [0.2, 0.25) is 6.41 Å². The molecule has 1 rings (SSSR count). The van der Waals surface area contributed by atoms with Gasteiger partial charge in [-0.15, -0.1) is 0 Å². The van der Waals surface area contributed by atoms with Crippen molar-refractivity contribution in [1.82, 2.24) is 5.32 Å². The quantitative estimate of drug-likeness (QED) is 0.575. The Morgan fingerprint density at radius 3 is 2.64 bits per heavy atom. The highest BCUT2D eigenvalue weighted by molar-refractivity contribution is 8.00. The molecule has 11 heavy (non-hydrogen) atoms. The monoisotopic (exact) mass is 175 g/mol. The van der Waals surface area contributed by atoms with Crippen LogP contribution >= 0.6 is 11.8 Å². The van der Waals surface area contributed by atoms with Gasteiger partial charge < -0.3 is 10.4 Å². The average molecular weight is 175 g/mol. The smallest absolute Gasteiger partial charge is 0.305 e. The highest BCUT2D eigenvalue weighted by Gasteiger charge is 2.39. The summed E-state index contributed by atoms with van der Waals surface area (Å²) in [5, 5.41) is 11.0. The van der Waals surface area contributed by atoms with Crippen LogP contribution in [0.1, 0.15) is 6.42 Å². The van der Waals surface area contributed by atoms with Crippen LogP contribution in [0.3, 0.4) is 0 Å².